The van der Waals surface area contributed by atoms with E-state index in [-0.39, 0.29) is 24.5 Å². The van der Waals surface area contributed by atoms with Gasteiger partial charge in [-0.3, -0.25) is 9.59 Å². The van der Waals surface area contributed by atoms with E-state index in [2.05, 4.69) is 31.2 Å². The summed E-state index contributed by atoms with van der Waals surface area (Å²) < 4.78 is 5.73. The maximum Gasteiger partial charge on any atom is 0.261 e. The molecule has 2 aliphatic heterocycles. The zero-order valence-electron chi connectivity index (χ0n) is 16.3. The molecule has 2 aromatic rings. The lowest BCUT2D eigenvalue weighted by molar-refractivity contribution is -0.134. The number of carbonyl (C=O) groups is 2. The van der Waals surface area contributed by atoms with E-state index in [9.17, 15) is 9.59 Å². The van der Waals surface area contributed by atoms with E-state index in [0.29, 0.717) is 12.2 Å². The molecule has 0 spiro atoms. The standard InChI is InChI=1S/C23H26N2O3/c1-17-6-8-18(9-7-17)21-4-2-15-25(21)23(27)16-28-20-12-10-19(11-13-20)24-14-3-5-22(24)26/h6-13,21H,2-5,14-16H2,1H3. The van der Waals surface area contributed by atoms with Crippen LogP contribution >= 0.6 is 0 Å². The van der Waals surface area contributed by atoms with E-state index >= 15 is 0 Å². The summed E-state index contributed by atoms with van der Waals surface area (Å²) in [6, 6.07) is 16.0. The Hall–Kier alpha value is -2.82. The van der Waals surface area contributed by atoms with E-state index in [1.165, 1.54) is 11.1 Å². The molecule has 28 heavy (non-hydrogen) atoms. The van der Waals surface area contributed by atoms with Crippen molar-refractivity contribution in [2.24, 2.45) is 0 Å². The number of benzene rings is 2. The highest BCUT2D eigenvalue weighted by Gasteiger charge is 2.30. The molecule has 0 aromatic heterocycles. The Bertz CT molecular complexity index is 845. The molecule has 5 heteroatoms. The van der Waals surface area contributed by atoms with Crippen molar-refractivity contribution in [3.63, 3.8) is 0 Å². The van der Waals surface area contributed by atoms with Crippen molar-refractivity contribution in [3.05, 3.63) is 59.7 Å². The van der Waals surface area contributed by atoms with Gasteiger partial charge in [-0.2, -0.15) is 0 Å². The quantitative estimate of drug-likeness (QED) is 0.794. The van der Waals surface area contributed by atoms with Crippen molar-refractivity contribution < 1.29 is 14.3 Å². The van der Waals surface area contributed by atoms with Crippen LogP contribution in [0.5, 0.6) is 5.75 Å². The second-order valence-corrected chi connectivity index (χ2v) is 7.59. The lowest BCUT2D eigenvalue weighted by Gasteiger charge is -2.25. The smallest absolute Gasteiger partial charge is 0.261 e. The van der Waals surface area contributed by atoms with Gasteiger partial charge in [0.1, 0.15) is 5.75 Å². The number of rotatable bonds is 5. The van der Waals surface area contributed by atoms with Crippen LogP contribution in [-0.4, -0.2) is 36.4 Å². The van der Waals surface area contributed by atoms with Gasteiger partial charge in [0.2, 0.25) is 5.91 Å². The van der Waals surface area contributed by atoms with E-state index < -0.39 is 0 Å². The van der Waals surface area contributed by atoms with Gasteiger partial charge in [-0.15, -0.1) is 0 Å². The fourth-order valence-corrected chi connectivity index (χ4v) is 4.07. The molecule has 1 atom stereocenters. The van der Waals surface area contributed by atoms with Crippen molar-refractivity contribution in [3.8, 4) is 5.75 Å². The lowest BCUT2D eigenvalue weighted by atomic mass is 10.0. The second kappa shape index (κ2) is 8.05. The summed E-state index contributed by atoms with van der Waals surface area (Å²) in [6.45, 7) is 3.65. The molecule has 2 heterocycles. The van der Waals surface area contributed by atoms with Crippen LogP contribution in [0.15, 0.2) is 48.5 Å². The minimum atomic E-state index is 0.0156. The normalized spacial score (nSPS) is 19.3. The fourth-order valence-electron chi connectivity index (χ4n) is 4.07. The third-order valence-electron chi connectivity index (χ3n) is 5.62. The number of carbonyl (C=O) groups excluding carboxylic acids is 2. The van der Waals surface area contributed by atoms with E-state index in [0.717, 1.165) is 38.0 Å². The Morgan fingerprint density at radius 2 is 1.79 bits per heavy atom. The molecular formula is C23H26N2O3. The van der Waals surface area contributed by atoms with Crippen LogP contribution in [-0.2, 0) is 9.59 Å². The van der Waals surface area contributed by atoms with Crippen molar-refractivity contribution in [1.82, 2.24) is 4.90 Å². The third-order valence-corrected chi connectivity index (χ3v) is 5.62. The number of ether oxygens (including phenoxy) is 1. The number of hydrogen-bond donors (Lipinski definition) is 0. The maximum atomic E-state index is 12.7. The van der Waals surface area contributed by atoms with Crippen LogP contribution in [0.25, 0.3) is 0 Å². The van der Waals surface area contributed by atoms with Crippen LogP contribution in [0, 0.1) is 6.92 Å². The number of aryl methyl sites for hydroxylation is 1. The van der Waals surface area contributed by atoms with Crippen LogP contribution in [0.2, 0.25) is 0 Å². The minimum absolute atomic E-state index is 0.0156. The molecule has 0 aliphatic carbocycles. The summed E-state index contributed by atoms with van der Waals surface area (Å²) in [5, 5.41) is 0. The molecule has 5 nitrogen and oxygen atoms in total. The van der Waals surface area contributed by atoms with Gasteiger partial charge in [0.25, 0.3) is 5.91 Å². The molecular weight excluding hydrogens is 352 g/mol. The number of likely N-dealkylation sites (tertiary alicyclic amines) is 1. The zero-order chi connectivity index (χ0) is 19.5. The Labute approximate surface area is 165 Å². The highest BCUT2D eigenvalue weighted by Crippen LogP contribution is 2.32. The molecule has 0 saturated carbocycles. The molecule has 1 unspecified atom stereocenters. The first-order valence-corrected chi connectivity index (χ1v) is 10.0. The van der Waals surface area contributed by atoms with Gasteiger partial charge in [-0.25, -0.2) is 0 Å². The van der Waals surface area contributed by atoms with Crippen molar-refractivity contribution in [2.75, 3.05) is 24.6 Å². The predicted octanol–water partition coefficient (Wildman–Crippen LogP) is 3.86. The molecule has 2 amide bonds. The largest absolute Gasteiger partial charge is 0.484 e. The number of nitrogens with zero attached hydrogens (tertiary/aromatic N) is 2. The molecule has 2 aromatic carbocycles. The Kier molecular flexibility index (Phi) is 5.33. The van der Waals surface area contributed by atoms with Crippen LogP contribution in [0.4, 0.5) is 5.69 Å². The average molecular weight is 378 g/mol. The number of amides is 2. The SMILES string of the molecule is Cc1ccc(C2CCCN2C(=O)COc2ccc(N3CCCC3=O)cc2)cc1. The topological polar surface area (TPSA) is 49.9 Å². The van der Waals surface area contributed by atoms with Crippen molar-refractivity contribution in [1.29, 1.82) is 0 Å². The number of anilines is 1. The third kappa shape index (κ3) is 3.88. The molecule has 0 N–H and O–H groups in total. The second-order valence-electron chi connectivity index (χ2n) is 7.59. The first kappa shape index (κ1) is 18.5. The molecule has 0 bridgehead atoms. The molecule has 2 aliphatic rings. The van der Waals surface area contributed by atoms with Crippen LogP contribution < -0.4 is 9.64 Å². The van der Waals surface area contributed by atoms with Gasteiger partial charge in [-0.1, -0.05) is 29.8 Å². The summed E-state index contributed by atoms with van der Waals surface area (Å²) in [5.41, 5.74) is 3.30. The molecule has 4 rings (SSSR count). The summed E-state index contributed by atoms with van der Waals surface area (Å²) in [4.78, 5) is 28.3. The van der Waals surface area contributed by atoms with Gasteiger partial charge in [0, 0.05) is 25.2 Å². The van der Waals surface area contributed by atoms with E-state index in [1.807, 2.05) is 29.2 Å². The van der Waals surface area contributed by atoms with Crippen molar-refractivity contribution in [2.45, 2.75) is 38.6 Å². The molecule has 146 valence electrons. The first-order valence-electron chi connectivity index (χ1n) is 10.0. The highest BCUT2D eigenvalue weighted by atomic mass is 16.5. The predicted molar refractivity (Wildman–Crippen MR) is 108 cm³/mol. The van der Waals surface area contributed by atoms with Gasteiger partial charge in [0.05, 0.1) is 6.04 Å². The van der Waals surface area contributed by atoms with Crippen LogP contribution in [0.1, 0.15) is 42.9 Å². The van der Waals surface area contributed by atoms with Crippen molar-refractivity contribution >= 4 is 17.5 Å². The number of hydrogen-bond acceptors (Lipinski definition) is 3. The van der Waals surface area contributed by atoms with Crippen LogP contribution in [0.3, 0.4) is 0 Å². The maximum absolute atomic E-state index is 12.7. The van der Waals surface area contributed by atoms with Gasteiger partial charge in [0.15, 0.2) is 6.61 Å². The molecule has 0 radical (unpaired) electrons. The summed E-state index contributed by atoms with van der Waals surface area (Å²) in [5.74, 6) is 0.830. The Balaban J connectivity index is 1.36. The fraction of sp³-hybridized carbons (Fsp3) is 0.391. The monoisotopic (exact) mass is 378 g/mol. The Morgan fingerprint density at radius 3 is 2.46 bits per heavy atom. The minimum Gasteiger partial charge on any atom is -0.484 e. The molecule has 2 fully saturated rings. The van der Waals surface area contributed by atoms with Gasteiger partial charge in [-0.05, 0) is 56.0 Å². The lowest BCUT2D eigenvalue weighted by Crippen LogP contribution is -2.34. The van der Waals surface area contributed by atoms with E-state index in [4.69, 9.17) is 4.74 Å². The summed E-state index contributed by atoms with van der Waals surface area (Å²) in [6.07, 6.45) is 3.53. The first-order chi connectivity index (χ1) is 13.6. The van der Waals surface area contributed by atoms with Gasteiger partial charge < -0.3 is 14.5 Å². The van der Waals surface area contributed by atoms with Gasteiger partial charge >= 0.3 is 0 Å². The zero-order valence-corrected chi connectivity index (χ0v) is 16.3. The Morgan fingerprint density at radius 1 is 1.04 bits per heavy atom. The molecule has 2 saturated heterocycles. The summed E-state index contributed by atoms with van der Waals surface area (Å²) >= 11 is 0. The van der Waals surface area contributed by atoms with E-state index in [1.54, 1.807) is 4.90 Å². The average Bonchev–Trinajstić information content (AvgIpc) is 3.36. The highest BCUT2D eigenvalue weighted by molar-refractivity contribution is 5.95. The summed E-state index contributed by atoms with van der Waals surface area (Å²) in [7, 11) is 0.